The van der Waals surface area contributed by atoms with Crippen LogP contribution in [0.1, 0.15) is 55.7 Å². The Morgan fingerprint density at radius 2 is 1.87 bits per heavy atom. The number of thioether (sulfide) groups is 1. The Hall–Kier alpha value is -2.37. The summed E-state index contributed by atoms with van der Waals surface area (Å²) in [6.45, 7) is 7.23. The van der Waals surface area contributed by atoms with Gasteiger partial charge in [0.2, 0.25) is 0 Å². The monoisotopic (exact) mass is 434 g/mol. The molecule has 1 amide bonds. The Morgan fingerprint density at radius 1 is 1.13 bits per heavy atom. The number of amidine groups is 1. The third-order valence-corrected chi connectivity index (χ3v) is 6.77. The lowest BCUT2D eigenvalue weighted by Gasteiger charge is -2.23. The number of nitrogens with zero attached hydrogens (tertiary/aromatic N) is 2. The smallest absolute Gasteiger partial charge is 0.283 e. The lowest BCUT2D eigenvalue weighted by Crippen LogP contribution is -2.31. The Kier molecular flexibility index (Phi) is 6.93. The van der Waals surface area contributed by atoms with E-state index in [2.05, 4.69) is 38.1 Å². The molecule has 0 N–H and O–H groups in total. The van der Waals surface area contributed by atoms with Gasteiger partial charge in [0.15, 0.2) is 5.17 Å². The first-order valence-corrected chi connectivity index (χ1v) is 12.1. The first-order valence-electron chi connectivity index (χ1n) is 11.1. The van der Waals surface area contributed by atoms with Gasteiger partial charge in [-0.25, -0.2) is 4.99 Å². The van der Waals surface area contributed by atoms with Crippen molar-refractivity contribution in [2.45, 2.75) is 52.1 Å². The Balaban J connectivity index is 1.59. The maximum atomic E-state index is 13.3. The molecule has 4 rings (SSSR count). The van der Waals surface area contributed by atoms with Crippen molar-refractivity contribution >= 4 is 34.6 Å². The fourth-order valence-corrected chi connectivity index (χ4v) is 4.83. The van der Waals surface area contributed by atoms with Gasteiger partial charge >= 0.3 is 0 Å². The number of hydrogen-bond acceptors (Lipinski definition) is 4. The minimum Gasteiger partial charge on any atom is -0.377 e. The van der Waals surface area contributed by atoms with E-state index in [1.807, 2.05) is 37.3 Å². The standard InChI is InChI=1S/C26H30N2O2S/c1-18(2)21-11-9-20(10-12-21)16-24-25(29)28(22-13-7-19(3)8-14-22)26(27-24)31-17-23-6-4-5-15-30-23/h7-14,16,18,23H,4-6,15,17H2,1-3H3/b24-16-/t23-/m1/s1. The Morgan fingerprint density at radius 3 is 2.52 bits per heavy atom. The molecule has 0 radical (unpaired) electrons. The predicted molar refractivity (Wildman–Crippen MR) is 131 cm³/mol. The summed E-state index contributed by atoms with van der Waals surface area (Å²) in [6, 6.07) is 16.4. The molecule has 162 valence electrons. The fraction of sp³-hybridized carbons (Fsp3) is 0.385. The van der Waals surface area contributed by atoms with Gasteiger partial charge in [0.05, 0.1) is 11.8 Å². The lowest BCUT2D eigenvalue weighted by atomic mass is 10.0. The van der Waals surface area contributed by atoms with Crippen molar-refractivity contribution in [1.82, 2.24) is 0 Å². The van der Waals surface area contributed by atoms with E-state index in [0.29, 0.717) is 11.6 Å². The number of hydrogen-bond donors (Lipinski definition) is 0. The van der Waals surface area contributed by atoms with Gasteiger partial charge in [-0.15, -0.1) is 0 Å². The van der Waals surface area contributed by atoms with Crippen LogP contribution in [0.2, 0.25) is 0 Å². The molecular weight excluding hydrogens is 404 g/mol. The molecule has 2 aliphatic heterocycles. The number of rotatable bonds is 5. The van der Waals surface area contributed by atoms with Crippen molar-refractivity contribution in [1.29, 1.82) is 0 Å². The van der Waals surface area contributed by atoms with Crippen LogP contribution in [0, 0.1) is 6.92 Å². The van der Waals surface area contributed by atoms with Gasteiger partial charge in [0.1, 0.15) is 5.70 Å². The topological polar surface area (TPSA) is 41.9 Å². The van der Waals surface area contributed by atoms with E-state index in [1.165, 1.54) is 12.0 Å². The van der Waals surface area contributed by atoms with Gasteiger partial charge in [0.25, 0.3) is 5.91 Å². The van der Waals surface area contributed by atoms with Crippen LogP contribution in [-0.2, 0) is 9.53 Å². The van der Waals surface area contributed by atoms with Crippen LogP contribution in [-0.4, -0.2) is 29.5 Å². The van der Waals surface area contributed by atoms with Gasteiger partial charge in [-0.3, -0.25) is 9.69 Å². The van der Waals surface area contributed by atoms with Crippen molar-refractivity contribution < 1.29 is 9.53 Å². The number of amides is 1. The molecule has 0 unspecified atom stereocenters. The maximum absolute atomic E-state index is 13.3. The maximum Gasteiger partial charge on any atom is 0.283 e. The molecule has 1 fully saturated rings. The average molecular weight is 435 g/mol. The van der Waals surface area contributed by atoms with Crippen LogP contribution in [0.5, 0.6) is 0 Å². The van der Waals surface area contributed by atoms with Crippen LogP contribution >= 0.6 is 11.8 Å². The summed E-state index contributed by atoms with van der Waals surface area (Å²) >= 11 is 1.61. The molecular formula is C26H30N2O2S. The van der Waals surface area contributed by atoms with E-state index in [-0.39, 0.29) is 12.0 Å². The molecule has 2 aromatic carbocycles. The largest absolute Gasteiger partial charge is 0.377 e. The third-order valence-electron chi connectivity index (χ3n) is 5.70. The van der Waals surface area contributed by atoms with Crippen molar-refractivity contribution in [3.05, 3.63) is 70.9 Å². The summed E-state index contributed by atoms with van der Waals surface area (Å²) in [5.74, 6) is 1.21. The van der Waals surface area contributed by atoms with E-state index < -0.39 is 0 Å². The number of carbonyl (C=O) groups is 1. The average Bonchev–Trinajstić information content (AvgIpc) is 3.09. The van der Waals surface area contributed by atoms with E-state index >= 15 is 0 Å². The molecule has 2 heterocycles. The number of ether oxygens (including phenoxy) is 1. The van der Waals surface area contributed by atoms with Crippen LogP contribution in [0.4, 0.5) is 5.69 Å². The molecule has 1 atom stereocenters. The zero-order chi connectivity index (χ0) is 21.8. The summed E-state index contributed by atoms with van der Waals surface area (Å²) in [4.78, 5) is 19.8. The van der Waals surface area contributed by atoms with Crippen molar-refractivity contribution in [2.24, 2.45) is 4.99 Å². The summed E-state index contributed by atoms with van der Waals surface area (Å²) in [6.07, 6.45) is 5.53. The summed E-state index contributed by atoms with van der Waals surface area (Å²) in [5.41, 5.74) is 4.77. The summed E-state index contributed by atoms with van der Waals surface area (Å²) in [7, 11) is 0. The van der Waals surface area contributed by atoms with Crippen molar-refractivity contribution in [2.75, 3.05) is 17.3 Å². The molecule has 5 heteroatoms. The van der Waals surface area contributed by atoms with Gasteiger partial charge in [0, 0.05) is 12.4 Å². The molecule has 0 saturated carbocycles. The molecule has 0 bridgehead atoms. The summed E-state index contributed by atoms with van der Waals surface area (Å²) < 4.78 is 5.88. The van der Waals surface area contributed by atoms with Crippen molar-refractivity contribution in [3.8, 4) is 0 Å². The Bertz CT molecular complexity index is 971. The second kappa shape index (κ2) is 9.84. The van der Waals surface area contributed by atoms with Crippen LogP contribution in [0.3, 0.4) is 0 Å². The van der Waals surface area contributed by atoms with E-state index in [4.69, 9.17) is 9.73 Å². The highest BCUT2D eigenvalue weighted by molar-refractivity contribution is 8.14. The molecule has 2 aliphatic rings. The summed E-state index contributed by atoms with van der Waals surface area (Å²) in [5, 5.41) is 0.730. The van der Waals surface area contributed by atoms with Crippen LogP contribution in [0.25, 0.3) is 6.08 Å². The highest BCUT2D eigenvalue weighted by Gasteiger charge is 2.32. The molecule has 4 nitrogen and oxygen atoms in total. The van der Waals surface area contributed by atoms with E-state index in [1.54, 1.807) is 16.7 Å². The predicted octanol–water partition coefficient (Wildman–Crippen LogP) is 6.16. The number of benzene rings is 2. The third kappa shape index (κ3) is 5.28. The van der Waals surface area contributed by atoms with Gasteiger partial charge < -0.3 is 4.74 Å². The van der Waals surface area contributed by atoms with E-state index in [9.17, 15) is 4.79 Å². The number of carbonyl (C=O) groups excluding carboxylic acids is 1. The SMILES string of the molecule is Cc1ccc(N2C(=O)/C(=C/c3ccc(C(C)C)cc3)N=C2SC[C@H]2CCCCO2)cc1. The van der Waals surface area contributed by atoms with Gasteiger partial charge in [-0.1, -0.05) is 67.6 Å². The molecule has 0 aromatic heterocycles. The van der Waals surface area contributed by atoms with Crippen molar-refractivity contribution in [3.63, 3.8) is 0 Å². The Labute approximate surface area is 189 Å². The van der Waals surface area contributed by atoms with E-state index in [0.717, 1.165) is 47.2 Å². The zero-order valence-electron chi connectivity index (χ0n) is 18.5. The fourth-order valence-electron chi connectivity index (χ4n) is 3.76. The van der Waals surface area contributed by atoms with Crippen LogP contribution < -0.4 is 4.90 Å². The first kappa shape index (κ1) is 21.8. The highest BCUT2D eigenvalue weighted by atomic mass is 32.2. The second-order valence-corrected chi connectivity index (χ2v) is 9.51. The normalized spacial score (nSPS) is 20.6. The number of aryl methyl sites for hydroxylation is 1. The second-order valence-electron chi connectivity index (χ2n) is 8.52. The molecule has 2 aromatic rings. The van der Waals surface area contributed by atoms with Gasteiger partial charge in [-0.05, 0) is 61.4 Å². The lowest BCUT2D eigenvalue weighted by molar-refractivity contribution is -0.113. The molecule has 0 spiro atoms. The number of aliphatic imine (C=N–C) groups is 1. The molecule has 31 heavy (non-hydrogen) atoms. The minimum atomic E-state index is -0.0798. The minimum absolute atomic E-state index is 0.0798. The zero-order valence-corrected chi connectivity index (χ0v) is 19.3. The quantitative estimate of drug-likeness (QED) is 0.529. The molecule has 0 aliphatic carbocycles. The highest BCUT2D eigenvalue weighted by Crippen LogP contribution is 2.31. The number of anilines is 1. The first-order chi connectivity index (χ1) is 15.0. The van der Waals surface area contributed by atoms with Crippen LogP contribution in [0.15, 0.2) is 59.2 Å². The molecule has 1 saturated heterocycles. The van der Waals surface area contributed by atoms with Gasteiger partial charge in [-0.2, -0.15) is 0 Å².